The minimum Gasteiger partial charge on any atom is -0.497 e. The van der Waals surface area contributed by atoms with Gasteiger partial charge in [0.25, 0.3) is 5.56 Å². The molecule has 2 N–H and O–H groups in total. The Morgan fingerprint density at radius 2 is 1.90 bits per heavy atom. The van der Waals surface area contributed by atoms with Crippen LogP contribution in [0.15, 0.2) is 53.3 Å². The number of aromatic amines is 1. The summed E-state index contributed by atoms with van der Waals surface area (Å²) in [4.78, 5) is 27.3. The van der Waals surface area contributed by atoms with Crippen LogP contribution in [0, 0.1) is 0 Å². The molecular weight excluding hydrogens is 384 g/mol. The molecule has 3 aromatic rings. The zero-order valence-corrected chi connectivity index (χ0v) is 17.0. The lowest BCUT2D eigenvalue weighted by Crippen LogP contribution is -2.20. The second-order valence-electron chi connectivity index (χ2n) is 6.60. The molecule has 8 heteroatoms. The van der Waals surface area contributed by atoms with E-state index >= 15 is 0 Å². The van der Waals surface area contributed by atoms with Crippen LogP contribution in [0.5, 0.6) is 11.5 Å². The highest BCUT2D eigenvalue weighted by Gasteiger charge is 2.10. The fourth-order valence-electron chi connectivity index (χ4n) is 2.74. The molecule has 0 spiro atoms. The molecule has 0 saturated heterocycles. The Hall–Kier alpha value is -3.68. The molecule has 156 valence electrons. The number of carbonyl (C=O) groups excluding carboxylic acids is 1. The smallest absolute Gasteiger partial charge is 0.273 e. The van der Waals surface area contributed by atoms with Gasteiger partial charge in [0.1, 0.15) is 17.2 Å². The second kappa shape index (κ2) is 10.2. The van der Waals surface area contributed by atoms with Crippen molar-refractivity contribution in [2.45, 2.75) is 26.2 Å². The summed E-state index contributed by atoms with van der Waals surface area (Å²) in [7, 11) is 1.58. The molecule has 0 bridgehead atoms. The van der Waals surface area contributed by atoms with E-state index in [0.29, 0.717) is 35.2 Å². The quantitative estimate of drug-likeness (QED) is 0.563. The number of methoxy groups -OCH3 is 1. The number of hydrogen-bond acceptors (Lipinski definition) is 6. The maximum atomic E-state index is 12.4. The molecule has 8 nitrogen and oxygen atoms in total. The van der Waals surface area contributed by atoms with Gasteiger partial charge in [-0.05, 0) is 42.8 Å². The molecule has 0 atom stereocenters. The van der Waals surface area contributed by atoms with Crippen LogP contribution >= 0.6 is 0 Å². The van der Waals surface area contributed by atoms with Gasteiger partial charge in [0.05, 0.1) is 13.7 Å². The number of ether oxygens (including phenoxy) is 2. The predicted molar refractivity (Wildman–Crippen MR) is 114 cm³/mol. The number of H-pyrrole nitrogens is 1. The lowest BCUT2D eigenvalue weighted by molar-refractivity contribution is -0.116. The first kappa shape index (κ1) is 21.0. The van der Waals surface area contributed by atoms with Gasteiger partial charge in [-0.1, -0.05) is 19.1 Å². The summed E-state index contributed by atoms with van der Waals surface area (Å²) in [6.45, 7) is 2.64. The number of aromatic nitrogens is 3. The topological polar surface area (TPSA) is 106 Å². The first-order valence-corrected chi connectivity index (χ1v) is 9.72. The van der Waals surface area contributed by atoms with Gasteiger partial charge in [-0.3, -0.25) is 9.59 Å². The van der Waals surface area contributed by atoms with Crippen molar-refractivity contribution in [1.82, 2.24) is 15.2 Å². The number of amides is 1. The van der Waals surface area contributed by atoms with E-state index in [-0.39, 0.29) is 30.0 Å². The number of nitrogens with one attached hydrogen (secondary N) is 2. The third-order valence-electron chi connectivity index (χ3n) is 4.31. The van der Waals surface area contributed by atoms with E-state index in [0.717, 1.165) is 6.42 Å². The number of carbonyl (C=O) groups is 1. The first-order chi connectivity index (χ1) is 14.6. The number of rotatable bonds is 9. The van der Waals surface area contributed by atoms with Gasteiger partial charge >= 0.3 is 0 Å². The molecule has 0 radical (unpaired) electrons. The molecule has 0 fully saturated rings. The Bertz CT molecular complexity index is 1050. The largest absolute Gasteiger partial charge is 0.497 e. The van der Waals surface area contributed by atoms with Crippen molar-refractivity contribution in [3.05, 3.63) is 64.6 Å². The highest BCUT2D eigenvalue weighted by molar-refractivity contribution is 5.90. The summed E-state index contributed by atoms with van der Waals surface area (Å²) in [5, 5.41) is 10.9. The SMILES string of the molecule is CCCOc1cccc(-c2nnc(CCC(=O)Nc3ccc(OC)cc3)c(=O)[nH]2)c1. The molecule has 2 aromatic carbocycles. The van der Waals surface area contributed by atoms with Crippen LogP contribution in [0.4, 0.5) is 5.69 Å². The van der Waals surface area contributed by atoms with Crippen molar-refractivity contribution < 1.29 is 14.3 Å². The second-order valence-corrected chi connectivity index (χ2v) is 6.60. The average Bonchev–Trinajstić information content (AvgIpc) is 2.77. The Morgan fingerprint density at radius 3 is 2.60 bits per heavy atom. The van der Waals surface area contributed by atoms with Crippen LogP contribution in [-0.2, 0) is 11.2 Å². The third kappa shape index (κ3) is 5.66. The molecule has 1 heterocycles. The molecule has 1 amide bonds. The van der Waals surface area contributed by atoms with Crippen LogP contribution in [0.25, 0.3) is 11.4 Å². The van der Waals surface area contributed by atoms with Gasteiger partial charge < -0.3 is 19.8 Å². The van der Waals surface area contributed by atoms with Crippen LogP contribution < -0.4 is 20.3 Å². The summed E-state index contributed by atoms with van der Waals surface area (Å²) >= 11 is 0. The number of aryl methyl sites for hydroxylation is 1. The molecule has 0 aliphatic rings. The van der Waals surface area contributed by atoms with Crippen LogP contribution in [-0.4, -0.2) is 34.8 Å². The van der Waals surface area contributed by atoms with Crippen molar-refractivity contribution in [2.24, 2.45) is 0 Å². The lowest BCUT2D eigenvalue weighted by atomic mass is 10.2. The minimum absolute atomic E-state index is 0.115. The maximum Gasteiger partial charge on any atom is 0.273 e. The lowest BCUT2D eigenvalue weighted by Gasteiger charge is -2.07. The summed E-state index contributed by atoms with van der Waals surface area (Å²) < 4.78 is 10.7. The van der Waals surface area contributed by atoms with Crippen molar-refractivity contribution in [3.63, 3.8) is 0 Å². The number of nitrogens with zero attached hydrogens (tertiary/aromatic N) is 2. The monoisotopic (exact) mass is 408 g/mol. The summed E-state index contributed by atoms with van der Waals surface area (Å²) in [5.74, 6) is 1.55. The van der Waals surface area contributed by atoms with E-state index in [1.807, 2.05) is 25.1 Å². The Balaban J connectivity index is 1.61. The number of anilines is 1. The Kier molecular flexibility index (Phi) is 7.15. The Morgan fingerprint density at radius 1 is 1.10 bits per heavy atom. The molecular formula is C22H24N4O4. The zero-order valence-electron chi connectivity index (χ0n) is 17.0. The van der Waals surface area contributed by atoms with Gasteiger partial charge in [0.2, 0.25) is 5.91 Å². The van der Waals surface area contributed by atoms with Gasteiger partial charge in [-0.15, -0.1) is 10.2 Å². The molecule has 3 rings (SSSR count). The van der Waals surface area contributed by atoms with Gasteiger partial charge in [-0.2, -0.15) is 0 Å². The van der Waals surface area contributed by atoms with Crippen molar-refractivity contribution in [2.75, 3.05) is 19.0 Å². The highest BCUT2D eigenvalue weighted by atomic mass is 16.5. The average molecular weight is 408 g/mol. The van der Waals surface area contributed by atoms with E-state index in [4.69, 9.17) is 9.47 Å². The molecule has 0 unspecified atom stereocenters. The normalized spacial score (nSPS) is 10.5. The van der Waals surface area contributed by atoms with Gasteiger partial charge in [-0.25, -0.2) is 0 Å². The standard InChI is InChI=1S/C22H24N4O4/c1-3-13-30-18-6-4-5-15(14-18)21-24-22(28)19(25-26-21)11-12-20(27)23-16-7-9-17(29-2)10-8-16/h4-10,14H,3,11-13H2,1-2H3,(H,23,27)(H,24,26,28). The maximum absolute atomic E-state index is 12.4. The highest BCUT2D eigenvalue weighted by Crippen LogP contribution is 2.20. The molecule has 1 aromatic heterocycles. The molecule has 0 aliphatic heterocycles. The minimum atomic E-state index is -0.364. The van der Waals surface area contributed by atoms with E-state index in [9.17, 15) is 9.59 Å². The number of benzene rings is 2. The van der Waals surface area contributed by atoms with E-state index in [1.165, 1.54) is 0 Å². The van der Waals surface area contributed by atoms with Crippen molar-refractivity contribution >= 4 is 11.6 Å². The predicted octanol–water partition coefficient (Wildman–Crippen LogP) is 3.20. The molecule has 30 heavy (non-hydrogen) atoms. The third-order valence-corrected chi connectivity index (χ3v) is 4.31. The van der Waals surface area contributed by atoms with Crippen molar-refractivity contribution in [1.29, 1.82) is 0 Å². The summed E-state index contributed by atoms with van der Waals surface area (Å²) in [6.07, 6.45) is 1.20. The summed E-state index contributed by atoms with van der Waals surface area (Å²) in [5.41, 5.74) is 1.21. The van der Waals surface area contributed by atoms with Gasteiger partial charge in [0, 0.05) is 24.1 Å². The van der Waals surface area contributed by atoms with Crippen LogP contribution in [0.1, 0.15) is 25.5 Å². The van der Waals surface area contributed by atoms with E-state index in [2.05, 4.69) is 20.5 Å². The van der Waals surface area contributed by atoms with Crippen LogP contribution in [0.2, 0.25) is 0 Å². The molecule has 0 aliphatic carbocycles. The van der Waals surface area contributed by atoms with Gasteiger partial charge in [0.15, 0.2) is 5.82 Å². The zero-order chi connectivity index (χ0) is 21.3. The first-order valence-electron chi connectivity index (χ1n) is 9.72. The Labute approximate surface area is 174 Å². The molecule has 0 saturated carbocycles. The number of hydrogen-bond donors (Lipinski definition) is 2. The van der Waals surface area contributed by atoms with E-state index in [1.54, 1.807) is 37.4 Å². The fraction of sp³-hybridized carbons (Fsp3) is 0.273. The van der Waals surface area contributed by atoms with Crippen molar-refractivity contribution in [3.8, 4) is 22.9 Å². The van der Waals surface area contributed by atoms with Crippen LogP contribution in [0.3, 0.4) is 0 Å². The summed E-state index contributed by atoms with van der Waals surface area (Å²) in [6, 6.07) is 14.3. The van der Waals surface area contributed by atoms with E-state index < -0.39 is 0 Å². The fourth-order valence-corrected chi connectivity index (χ4v) is 2.74.